The Bertz CT molecular complexity index is 750. The second kappa shape index (κ2) is 5.29. The summed E-state index contributed by atoms with van der Waals surface area (Å²) in [6.07, 6.45) is 3.46. The summed E-state index contributed by atoms with van der Waals surface area (Å²) >= 11 is 0. The Morgan fingerprint density at radius 1 is 1.00 bits per heavy atom. The lowest BCUT2D eigenvalue weighted by Crippen LogP contribution is -2.02. The monoisotopic (exact) mass is 263 g/mol. The first-order valence-corrected chi connectivity index (χ1v) is 6.88. The minimum absolute atomic E-state index is 0.588. The minimum atomic E-state index is 0.588. The van der Waals surface area contributed by atoms with E-state index in [-0.39, 0.29) is 0 Å². The molecule has 0 bridgehead atoms. The SMILES string of the molecule is CCCc1c(N)ncnc1-c1ccc2ccccc2c1. The van der Waals surface area contributed by atoms with E-state index in [1.807, 2.05) is 12.1 Å². The fourth-order valence-electron chi connectivity index (χ4n) is 2.51. The maximum atomic E-state index is 6.01. The molecule has 0 atom stereocenters. The van der Waals surface area contributed by atoms with Crippen LogP contribution in [-0.2, 0) is 6.42 Å². The van der Waals surface area contributed by atoms with E-state index in [9.17, 15) is 0 Å². The van der Waals surface area contributed by atoms with Crippen LogP contribution in [0.2, 0.25) is 0 Å². The molecule has 2 N–H and O–H groups in total. The van der Waals surface area contributed by atoms with Gasteiger partial charge in [-0.1, -0.05) is 49.7 Å². The number of nitrogen functional groups attached to an aromatic ring is 1. The summed E-state index contributed by atoms with van der Waals surface area (Å²) in [4.78, 5) is 8.56. The molecule has 100 valence electrons. The predicted molar refractivity (Wildman–Crippen MR) is 83.4 cm³/mol. The van der Waals surface area contributed by atoms with Crippen molar-refractivity contribution in [1.82, 2.24) is 9.97 Å². The van der Waals surface area contributed by atoms with Crippen LogP contribution < -0.4 is 5.73 Å². The molecule has 0 saturated heterocycles. The average Bonchev–Trinajstić information content (AvgIpc) is 2.49. The van der Waals surface area contributed by atoms with E-state index in [0.29, 0.717) is 5.82 Å². The Balaban J connectivity index is 2.17. The van der Waals surface area contributed by atoms with Crippen LogP contribution in [0, 0.1) is 0 Å². The largest absolute Gasteiger partial charge is 0.383 e. The van der Waals surface area contributed by atoms with Crippen molar-refractivity contribution in [2.24, 2.45) is 0 Å². The van der Waals surface area contributed by atoms with Gasteiger partial charge in [-0.15, -0.1) is 0 Å². The van der Waals surface area contributed by atoms with Crippen molar-refractivity contribution in [2.45, 2.75) is 19.8 Å². The molecular weight excluding hydrogens is 246 g/mol. The maximum absolute atomic E-state index is 6.01. The first kappa shape index (κ1) is 12.6. The van der Waals surface area contributed by atoms with Crippen molar-refractivity contribution in [3.8, 4) is 11.3 Å². The lowest BCUT2D eigenvalue weighted by atomic mass is 10.00. The Morgan fingerprint density at radius 2 is 1.80 bits per heavy atom. The molecular formula is C17H17N3. The lowest BCUT2D eigenvalue weighted by molar-refractivity contribution is 0.908. The maximum Gasteiger partial charge on any atom is 0.130 e. The van der Waals surface area contributed by atoms with E-state index < -0.39 is 0 Å². The van der Waals surface area contributed by atoms with Crippen LogP contribution >= 0.6 is 0 Å². The number of fused-ring (bicyclic) bond motifs is 1. The van der Waals surface area contributed by atoms with Crippen molar-refractivity contribution in [1.29, 1.82) is 0 Å². The van der Waals surface area contributed by atoms with Gasteiger partial charge in [-0.25, -0.2) is 9.97 Å². The molecule has 3 heteroatoms. The predicted octanol–water partition coefficient (Wildman–Crippen LogP) is 3.83. The van der Waals surface area contributed by atoms with E-state index in [1.54, 1.807) is 6.33 Å². The van der Waals surface area contributed by atoms with Crippen molar-refractivity contribution >= 4 is 16.6 Å². The Morgan fingerprint density at radius 3 is 2.60 bits per heavy atom. The van der Waals surface area contributed by atoms with Gasteiger partial charge in [0.25, 0.3) is 0 Å². The summed E-state index contributed by atoms with van der Waals surface area (Å²) in [5.41, 5.74) is 9.10. The van der Waals surface area contributed by atoms with E-state index in [1.165, 1.54) is 10.8 Å². The number of benzene rings is 2. The quantitative estimate of drug-likeness (QED) is 0.781. The smallest absolute Gasteiger partial charge is 0.130 e. The zero-order chi connectivity index (χ0) is 13.9. The topological polar surface area (TPSA) is 51.8 Å². The molecule has 0 amide bonds. The van der Waals surface area contributed by atoms with Gasteiger partial charge in [0.05, 0.1) is 5.69 Å². The highest BCUT2D eigenvalue weighted by Gasteiger charge is 2.10. The van der Waals surface area contributed by atoms with Gasteiger partial charge in [-0.05, 0) is 23.3 Å². The number of hydrogen-bond acceptors (Lipinski definition) is 3. The van der Waals surface area contributed by atoms with Gasteiger partial charge in [-0.2, -0.15) is 0 Å². The molecule has 3 aromatic rings. The van der Waals surface area contributed by atoms with Crippen LogP contribution in [0.5, 0.6) is 0 Å². The minimum Gasteiger partial charge on any atom is -0.383 e. The molecule has 3 nitrogen and oxygen atoms in total. The summed E-state index contributed by atoms with van der Waals surface area (Å²) in [5, 5.41) is 2.44. The van der Waals surface area contributed by atoms with Gasteiger partial charge in [0.15, 0.2) is 0 Å². The van der Waals surface area contributed by atoms with Gasteiger partial charge in [0, 0.05) is 11.1 Å². The zero-order valence-electron chi connectivity index (χ0n) is 11.5. The highest BCUT2D eigenvalue weighted by atomic mass is 14.9. The number of hydrogen-bond donors (Lipinski definition) is 1. The van der Waals surface area contributed by atoms with E-state index >= 15 is 0 Å². The van der Waals surface area contributed by atoms with Crippen molar-refractivity contribution < 1.29 is 0 Å². The van der Waals surface area contributed by atoms with Crippen LogP contribution in [-0.4, -0.2) is 9.97 Å². The molecule has 0 aliphatic rings. The molecule has 20 heavy (non-hydrogen) atoms. The molecule has 1 heterocycles. The molecule has 3 rings (SSSR count). The molecule has 0 aliphatic carbocycles. The van der Waals surface area contributed by atoms with Gasteiger partial charge >= 0.3 is 0 Å². The standard InChI is InChI=1S/C17H17N3/c1-2-5-15-16(19-11-20-17(15)18)14-9-8-12-6-3-4-7-13(12)10-14/h3-4,6-11H,2,5H2,1H3,(H2,18,19,20). The molecule has 0 radical (unpaired) electrons. The van der Waals surface area contributed by atoms with Crippen molar-refractivity contribution in [2.75, 3.05) is 5.73 Å². The fraction of sp³-hybridized carbons (Fsp3) is 0.176. The molecule has 1 aromatic heterocycles. The van der Waals surface area contributed by atoms with Crippen molar-refractivity contribution in [3.05, 3.63) is 54.4 Å². The van der Waals surface area contributed by atoms with Gasteiger partial charge < -0.3 is 5.73 Å². The van der Waals surface area contributed by atoms with E-state index in [2.05, 4.69) is 47.2 Å². The average molecular weight is 263 g/mol. The zero-order valence-corrected chi connectivity index (χ0v) is 11.5. The van der Waals surface area contributed by atoms with Crippen molar-refractivity contribution in [3.63, 3.8) is 0 Å². The first-order chi connectivity index (χ1) is 9.79. The van der Waals surface area contributed by atoms with Gasteiger partial charge in [0.2, 0.25) is 0 Å². The normalized spacial score (nSPS) is 10.8. The number of anilines is 1. The third-order valence-electron chi connectivity index (χ3n) is 3.50. The Labute approximate surface area is 118 Å². The van der Waals surface area contributed by atoms with Crippen LogP contribution in [0.25, 0.3) is 22.0 Å². The fourth-order valence-corrected chi connectivity index (χ4v) is 2.51. The third-order valence-corrected chi connectivity index (χ3v) is 3.50. The highest BCUT2D eigenvalue weighted by molar-refractivity contribution is 5.87. The summed E-state index contributed by atoms with van der Waals surface area (Å²) in [5.74, 6) is 0.588. The molecule has 0 saturated carbocycles. The number of nitrogens with zero attached hydrogens (tertiary/aromatic N) is 2. The molecule has 0 unspecified atom stereocenters. The number of aromatic nitrogens is 2. The Hall–Kier alpha value is -2.42. The van der Waals surface area contributed by atoms with Crippen LogP contribution in [0.4, 0.5) is 5.82 Å². The van der Waals surface area contributed by atoms with Crippen LogP contribution in [0.15, 0.2) is 48.8 Å². The summed E-state index contributed by atoms with van der Waals surface area (Å²) in [6, 6.07) is 14.7. The number of nitrogens with two attached hydrogens (primary N) is 1. The molecule has 0 aliphatic heterocycles. The van der Waals surface area contributed by atoms with Gasteiger partial charge in [0.1, 0.15) is 12.1 Å². The second-order valence-corrected chi connectivity index (χ2v) is 4.90. The highest BCUT2D eigenvalue weighted by Crippen LogP contribution is 2.28. The molecule has 0 spiro atoms. The van der Waals surface area contributed by atoms with Crippen LogP contribution in [0.3, 0.4) is 0 Å². The summed E-state index contributed by atoms with van der Waals surface area (Å²) < 4.78 is 0. The van der Waals surface area contributed by atoms with E-state index in [4.69, 9.17) is 5.73 Å². The molecule has 0 fully saturated rings. The second-order valence-electron chi connectivity index (χ2n) is 4.90. The summed E-state index contributed by atoms with van der Waals surface area (Å²) in [7, 11) is 0. The van der Waals surface area contributed by atoms with Gasteiger partial charge in [-0.3, -0.25) is 0 Å². The first-order valence-electron chi connectivity index (χ1n) is 6.88. The van der Waals surface area contributed by atoms with Crippen LogP contribution in [0.1, 0.15) is 18.9 Å². The summed E-state index contributed by atoms with van der Waals surface area (Å²) in [6.45, 7) is 2.14. The third kappa shape index (κ3) is 2.23. The van der Waals surface area contributed by atoms with E-state index in [0.717, 1.165) is 29.7 Å². The number of rotatable bonds is 3. The Kier molecular flexibility index (Phi) is 3.33. The lowest BCUT2D eigenvalue weighted by Gasteiger charge is -2.10. The molecule has 2 aromatic carbocycles.